The van der Waals surface area contributed by atoms with E-state index in [1.165, 1.54) is 18.5 Å². The van der Waals surface area contributed by atoms with Crippen LogP contribution in [0.5, 0.6) is 0 Å². The molecule has 0 aliphatic heterocycles. The smallest absolute Gasteiger partial charge is 0.416 e. The molecule has 8 heteroatoms. The average Bonchev–Trinajstić information content (AvgIpc) is 3.49. The van der Waals surface area contributed by atoms with Gasteiger partial charge in [-0.1, -0.05) is 6.07 Å². The standard InChI is InChI=1S/C21H21F3N2O3/c1-2-26(20(29)14-3-4-14)12-16-9-17(21(22,23)24)5-6-18(16)15-7-13(8-19(27)28)10-25-11-15/h5-7,9-11,14H,2-4,8,12H2,1H3,(H,27,28). The number of carbonyl (C=O) groups excluding carboxylic acids is 1. The van der Waals surface area contributed by atoms with Crippen molar-refractivity contribution >= 4 is 11.9 Å². The van der Waals surface area contributed by atoms with Crippen molar-refractivity contribution in [1.82, 2.24) is 9.88 Å². The van der Waals surface area contributed by atoms with Gasteiger partial charge in [-0.15, -0.1) is 0 Å². The largest absolute Gasteiger partial charge is 0.481 e. The van der Waals surface area contributed by atoms with Crippen LogP contribution in [0.3, 0.4) is 0 Å². The summed E-state index contributed by atoms with van der Waals surface area (Å²) in [6.07, 6.45) is -0.225. The number of aromatic nitrogens is 1. The minimum absolute atomic E-state index is 0.0373. The van der Waals surface area contributed by atoms with Gasteiger partial charge in [0, 0.05) is 37.0 Å². The van der Waals surface area contributed by atoms with Crippen LogP contribution in [-0.2, 0) is 28.7 Å². The molecule has 29 heavy (non-hydrogen) atoms. The Bertz CT molecular complexity index is 924. The zero-order valence-electron chi connectivity index (χ0n) is 15.9. The highest BCUT2D eigenvalue weighted by Crippen LogP contribution is 2.35. The number of carbonyl (C=O) groups is 2. The summed E-state index contributed by atoms with van der Waals surface area (Å²) in [5, 5.41) is 8.98. The van der Waals surface area contributed by atoms with E-state index < -0.39 is 17.7 Å². The van der Waals surface area contributed by atoms with Crippen LogP contribution in [0.1, 0.15) is 36.5 Å². The summed E-state index contributed by atoms with van der Waals surface area (Å²) in [6, 6.07) is 5.01. The van der Waals surface area contributed by atoms with E-state index in [9.17, 15) is 22.8 Å². The lowest BCUT2D eigenvalue weighted by Crippen LogP contribution is -2.31. The molecule has 1 aliphatic rings. The van der Waals surface area contributed by atoms with Crippen molar-refractivity contribution in [1.29, 1.82) is 0 Å². The molecule has 0 saturated heterocycles. The van der Waals surface area contributed by atoms with Crippen LogP contribution < -0.4 is 0 Å². The fraction of sp³-hybridized carbons (Fsp3) is 0.381. The van der Waals surface area contributed by atoms with E-state index in [0.29, 0.717) is 28.8 Å². The van der Waals surface area contributed by atoms with Crippen molar-refractivity contribution in [2.75, 3.05) is 6.54 Å². The first kappa shape index (κ1) is 20.8. The van der Waals surface area contributed by atoms with Crippen LogP contribution in [0.15, 0.2) is 36.7 Å². The maximum Gasteiger partial charge on any atom is 0.416 e. The molecule has 0 bridgehead atoms. The Labute approximate surface area is 166 Å². The van der Waals surface area contributed by atoms with Gasteiger partial charge < -0.3 is 10.0 Å². The van der Waals surface area contributed by atoms with Crippen LogP contribution in [0.25, 0.3) is 11.1 Å². The average molecular weight is 406 g/mol. The van der Waals surface area contributed by atoms with E-state index in [0.717, 1.165) is 25.0 Å². The molecule has 1 amide bonds. The third kappa shape index (κ3) is 5.13. The number of pyridine rings is 1. The first-order chi connectivity index (χ1) is 13.7. The number of halogens is 3. The van der Waals surface area contributed by atoms with E-state index in [1.54, 1.807) is 17.9 Å². The van der Waals surface area contributed by atoms with Gasteiger partial charge in [0.1, 0.15) is 0 Å². The van der Waals surface area contributed by atoms with Crippen LogP contribution in [-0.4, -0.2) is 33.4 Å². The monoisotopic (exact) mass is 406 g/mol. The Hall–Kier alpha value is -2.90. The highest BCUT2D eigenvalue weighted by atomic mass is 19.4. The lowest BCUT2D eigenvalue weighted by molar-refractivity contribution is -0.138. The number of benzene rings is 1. The number of amides is 1. The molecule has 1 heterocycles. The molecule has 2 aromatic rings. The Balaban J connectivity index is 2.01. The number of carboxylic acids is 1. The lowest BCUT2D eigenvalue weighted by atomic mass is 9.96. The Morgan fingerprint density at radius 1 is 1.21 bits per heavy atom. The molecule has 1 saturated carbocycles. The number of hydrogen-bond donors (Lipinski definition) is 1. The zero-order chi connectivity index (χ0) is 21.2. The first-order valence-corrected chi connectivity index (χ1v) is 9.34. The molecule has 0 spiro atoms. The molecule has 154 valence electrons. The minimum atomic E-state index is -4.51. The predicted molar refractivity (Wildman–Crippen MR) is 99.8 cm³/mol. The van der Waals surface area contributed by atoms with Crippen LogP contribution in [0.2, 0.25) is 0 Å². The van der Waals surface area contributed by atoms with Crippen molar-refractivity contribution in [3.05, 3.63) is 53.3 Å². The van der Waals surface area contributed by atoms with E-state index >= 15 is 0 Å². The second-order valence-corrected chi connectivity index (χ2v) is 7.15. The van der Waals surface area contributed by atoms with Gasteiger partial charge in [-0.2, -0.15) is 13.2 Å². The number of hydrogen-bond acceptors (Lipinski definition) is 3. The summed E-state index contributed by atoms with van der Waals surface area (Å²) >= 11 is 0. The highest BCUT2D eigenvalue weighted by Gasteiger charge is 2.34. The molecule has 1 fully saturated rings. The molecule has 1 N–H and O–H groups in total. The molecule has 5 nitrogen and oxygen atoms in total. The Morgan fingerprint density at radius 2 is 1.93 bits per heavy atom. The van der Waals surface area contributed by atoms with E-state index in [4.69, 9.17) is 5.11 Å². The Morgan fingerprint density at radius 3 is 2.52 bits per heavy atom. The summed E-state index contributed by atoms with van der Waals surface area (Å²) in [6.45, 7) is 2.24. The second-order valence-electron chi connectivity index (χ2n) is 7.15. The summed E-state index contributed by atoms with van der Waals surface area (Å²) in [5.74, 6) is -1.11. The molecular formula is C21H21F3N2O3. The highest BCUT2D eigenvalue weighted by molar-refractivity contribution is 5.81. The van der Waals surface area contributed by atoms with Gasteiger partial charge in [-0.3, -0.25) is 14.6 Å². The molecule has 1 aromatic heterocycles. The fourth-order valence-electron chi connectivity index (χ4n) is 3.23. The van der Waals surface area contributed by atoms with Gasteiger partial charge >= 0.3 is 12.1 Å². The quantitative estimate of drug-likeness (QED) is 0.750. The van der Waals surface area contributed by atoms with Gasteiger partial charge in [-0.25, -0.2) is 0 Å². The van der Waals surface area contributed by atoms with E-state index in [2.05, 4.69) is 4.98 Å². The number of carboxylic acid groups (broad SMARTS) is 1. The third-order valence-electron chi connectivity index (χ3n) is 4.87. The zero-order valence-corrected chi connectivity index (χ0v) is 15.9. The molecular weight excluding hydrogens is 385 g/mol. The number of nitrogens with zero attached hydrogens (tertiary/aromatic N) is 2. The van der Waals surface area contributed by atoms with Gasteiger partial charge in [-0.05, 0) is 54.7 Å². The normalized spacial score (nSPS) is 13.9. The number of aliphatic carboxylic acids is 1. The van der Waals surface area contributed by atoms with Crippen LogP contribution in [0.4, 0.5) is 13.2 Å². The maximum absolute atomic E-state index is 13.3. The molecule has 0 atom stereocenters. The number of alkyl halides is 3. The Kier molecular flexibility index (Phi) is 5.91. The molecule has 3 rings (SSSR count). The van der Waals surface area contributed by atoms with Crippen molar-refractivity contribution in [3.63, 3.8) is 0 Å². The fourth-order valence-corrected chi connectivity index (χ4v) is 3.23. The van der Waals surface area contributed by atoms with Gasteiger partial charge in [0.15, 0.2) is 0 Å². The summed E-state index contributed by atoms with van der Waals surface area (Å²) < 4.78 is 39.8. The topological polar surface area (TPSA) is 70.5 Å². The minimum Gasteiger partial charge on any atom is -0.481 e. The second kappa shape index (κ2) is 8.23. The molecule has 1 aliphatic carbocycles. The van der Waals surface area contributed by atoms with Crippen LogP contribution >= 0.6 is 0 Å². The molecule has 0 radical (unpaired) electrons. The van der Waals surface area contributed by atoms with E-state index in [1.807, 2.05) is 0 Å². The summed E-state index contributed by atoms with van der Waals surface area (Å²) in [7, 11) is 0. The first-order valence-electron chi connectivity index (χ1n) is 9.34. The lowest BCUT2D eigenvalue weighted by Gasteiger charge is -2.23. The van der Waals surface area contributed by atoms with E-state index in [-0.39, 0.29) is 24.8 Å². The van der Waals surface area contributed by atoms with Gasteiger partial charge in [0.2, 0.25) is 5.91 Å². The van der Waals surface area contributed by atoms with Crippen LogP contribution in [0, 0.1) is 5.92 Å². The van der Waals surface area contributed by atoms with Crippen molar-refractivity contribution in [3.8, 4) is 11.1 Å². The maximum atomic E-state index is 13.3. The number of rotatable bonds is 7. The summed E-state index contributed by atoms with van der Waals surface area (Å²) in [5.41, 5.74) is 1.02. The van der Waals surface area contributed by atoms with Gasteiger partial charge in [0.25, 0.3) is 0 Å². The van der Waals surface area contributed by atoms with Gasteiger partial charge in [0.05, 0.1) is 12.0 Å². The predicted octanol–water partition coefficient (Wildman–Crippen LogP) is 4.15. The summed E-state index contributed by atoms with van der Waals surface area (Å²) in [4.78, 5) is 29.0. The molecule has 1 aromatic carbocycles. The van der Waals surface area contributed by atoms with Crippen molar-refractivity contribution in [2.24, 2.45) is 5.92 Å². The van der Waals surface area contributed by atoms with Crippen molar-refractivity contribution in [2.45, 2.75) is 38.9 Å². The third-order valence-corrected chi connectivity index (χ3v) is 4.87. The molecule has 0 unspecified atom stereocenters. The SMILES string of the molecule is CCN(Cc1cc(C(F)(F)F)ccc1-c1cncc(CC(=O)O)c1)C(=O)C1CC1. The van der Waals surface area contributed by atoms with Crippen molar-refractivity contribution < 1.29 is 27.9 Å².